The van der Waals surface area contributed by atoms with Crippen LogP contribution in [0, 0.1) is 0 Å². The van der Waals surface area contributed by atoms with Gasteiger partial charge in [0.2, 0.25) is 5.88 Å². The van der Waals surface area contributed by atoms with Crippen LogP contribution in [0.1, 0.15) is 24.8 Å². The molecule has 0 saturated carbocycles. The lowest BCUT2D eigenvalue weighted by Gasteiger charge is -2.31. The SMILES string of the molecule is COc1ccc(CN2CCC(OCCC(=O)O)CC2)cn1. The second-order valence-corrected chi connectivity index (χ2v) is 5.20. The number of carbonyl (C=O) groups is 1. The van der Waals surface area contributed by atoms with Crippen molar-refractivity contribution in [3.8, 4) is 5.88 Å². The highest BCUT2D eigenvalue weighted by molar-refractivity contribution is 5.66. The quantitative estimate of drug-likeness (QED) is 0.822. The zero-order valence-electron chi connectivity index (χ0n) is 12.3. The van der Waals surface area contributed by atoms with Gasteiger partial charge in [0, 0.05) is 31.9 Å². The second-order valence-electron chi connectivity index (χ2n) is 5.20. The minimum absolute atomic E-state index is 0.0811. The molecule has 21 heavy (non-hydrogen) atoms. The van der Waals surface area contributed by atoms with Crippen LogP contribution in [-0.4, -0.2) is 53.9 Å². The maximum atomic E-state index is 10.4. The molecule has 2 rings (SSSR count). The standard InChI is InChI=1S/C15H22N2O4/c1-20-14-3-2-12(10-16-14)11-17-7-4-13(5-8-17)21-9-6-15(18)19/h2-3,10,13H,4-9,11H2,1H3,(H,18,19). The van der Waals surface area contributed by atoms with Gasteiger partial charge in [-0.1, -0.05) is 6.07 Å². The lowest BCUT2D eigenvalue weighted by molar-refractivity contribution is -0.138. The Kier molecular flexibility index (Phi) is 5.95. The summed E-state index contributed by atoms with van der Waals surface area (Å²) in [5.74, 6) is -0.177. The summed E-state index contributed by atoms with van der Waals surface area (Å²) in [4.78, 5) is 17.0. The summed E-state index contributed by atoms with van der Waals surface area (Å²) in [6.45, 7) is 3.11. The predicted octanol–water partition coefficient (Wildman–Crippen LogP) is 1.55. The first-order valence-electron chi connectivity index (χ1n) is 7.22. The van der Waals surface area contributed by atoms with Gasteiger partial charge < -0.3 is 14.6 Å². The molecule has 6 nitrogen and oxygen atoms in total. The minimum Gasteiger partial charge on any atom is -0.481 e. The van der Waals surface area contributed by atoms with Gasteiger partial charge in [-0.2, -0.15) is 0 Å². The molecule has 1 aromatic rings. The van der Waals surface area contributed by atoms with Crippen molar-refractivity contribution in [1.29, 1.82) is 0 Å². The third-order valence-electron chi connectivity index (χ3n) is 3.62. The fourth-order valence-corrected chi connectivity index (χ4v) is 2.43. The summed E-state index contributed by atoms with van der Waals surface area (Å²) in [6, 6.07) is 3.90. The van der Waals surface area contributed by atoms with Crippen LogP contribution >= 0.6 is 0 Å². The highest BCUT2D eigenvalue weighted by Gasteiger charge is 2.19. The van der Waals surface area contributed by atoms with Crippen molar-refractivity contribution in [2.75, 3.05) is 26.8 Å². The number of ether oxygens (including phenoxy) is 2. The molecule has 0 aromatic carbocycles. The van der Waals surface area contributed by atoms with E-state index in [1.807, 2.05) is 18.3 Å². The van der Waals surface area contributed by atoms with Crippen molar-refractivity contribution in [2.24, 2.45) is 0 Å². The van der Waals surface area contributed by atoms with Crippen LogP contribution in [0.3, 0.4) is 0 Å². The number of aromatic nitrogens is 1. The van der Waals surface area contributed by atoms with Crippen LogP contribution in [0.5, 0.6) is 5.88 Å². The Morgan fingerprint density at radius 3 is 2.76 bits per heavy atom. The van der Waals surface area contributed by atoms with Crippen LogP contribution in [0.25, 0.3) is 0 Å². The number of pyridine rings is 1. The number of carboxylic acids is 1. The first-order valence-corrected chi connectivity index (χ1v) is 7.22. The Morgan fingerprint density at radius 1 is 1.43 bits per heavy atom. The van der Waals surface area contributed by atoms with E-state index < -0.39 is 5.97 Å². The molecule has 0 spiro atoms. The van der Waals surface area contributed by atoms with Crippen LogP contribution < -0.4 is 4.74 Å². The van der Waals surface area contributed by atoms with E-state index in [9.17, 15) is 4.79 Å². The van der Waals surface area contributed by atoms with Crippen molar-refractivity contribution in [1.82, 2.24) is 9.88 Å². The molecule has 0 aliphatic carbocycles. The lowest BCUT2D eigenvalue weighted by atomic mass is 10.1. The highest BCUT2D eigenvalue weighted by Crippen LogP contribution is 2.17. The lowest BCUT2D eigenvalue weighted by Crippen LogP contribution is -2.36. The number of methoxy groups -OCH3 is 1. The van der Waals surface area contributed by atoms with E-state index in [4.69, 9.17) is 14.6 Å². The van der Waals surface area contributed by atoms with Crippen LogP contribution in [-0.2, 0) is 16.1 Å². The Hall–Kier alpha value is -1.66. The van der Waals surface area contributed by atoms with Crippen LogP contribution in [0.4, 0.5) is 0 Å². The number of rotatable bonds is 7. The average Bonchev–Trinajstić information content (AvgIpc) is 2.49. The van der Waals surface area contributed by atoms with E-state index in [0.717, 1.165) is 32.5 Å². The normalized spacial score (nSPS) is 16.8. The molecule has 116 valence electrons. The molecule has 1 fully saturated rings. The molecule has 0 radical (unpaired) electrons. The first kappa shape index (κ1) is 15.7. The maximum Gasteiger partial charge on any atom is 0.305 e. The molecule has 0 amide bonds. The van der Waals surface area contributed by atoms with Gasteiger partial charge in [0.25, 0.3) is 0 Å². The Labute approximate surface area is 124 Å². The Balaban J connectivity index is 1.69. The van der Waals surface area contributed by atoms with Crippen molar-refractivity contribution < 1.29 is 19.4 Å². The molecular formula is C15H22N2O4. The zero-order valence-corrected chi connectivity index (χ0v) is 12.3. The fraction of sp³-hybridized carbons (Fsp3) is 0.600. The third kappa shape index (κ3) is 5.32. The average molecular weight is 294 g/mol. The summed E-state index contributed by atoms with van der Waals surface area (Å²) < 4.78 is 10.6. The van der Waals surface area contributed by atoms with E-state index in [1.54, 1.807) is 7.11 Å². The number of aliphatic carboxylic acids is 1. The third-order valence-corrected chi connectivity index (χ3v) is 3.62. The topological polar surface area (TPSA) is 71.9 Å². The number of nitrogens with zero attached hydrogens (tertiary/aromatic N) is 2. The molecule has 0 unspecified atom stereocenters. The summed E-state index contributed by atoms with van der Waals surface area (Å²) in [5, 5.41) is 8.58. The van der Waals surface area contributed by atoms with Gasteiger partial charge in [-0.15, -0.1) is 0 Å². The first-order chi connectivity index (χ1) is 10.2. The van der Waals surface area contributed by atoms with Crippen molar-refractivity contribution in [3.05, 3.63) is 23.9 Å². The van der Waals surface area contributed by atoms with Gasteiger partial charge in [-0.3, -0.25) is 9.69 Å². The van der Waals surface area contributed by atoms with E-state index in [2.05, 4.69) is 9.88 Å². The van der Waals surface area contributed by atoms with Crippen LogP contribution in [0.2, 0.25) is 0 Å². The molecule has 6 heteroatoms. The molecular weight excluding hydrogens is 272 g/mol. The van der Waals surface area contributed by atoms with Crippen molar-refractivity contribution >= 4 is 5.97 Å². The molecule has 1 N–H and O–H groups in total. The Bertz CT molecular complexity index is 441. The molecule has 0 atom stereocenters. The van der Waals surface area contributed by atoms with Crippen LogP contribution in [0.15, 0.2) is 18.3 Å². The molecule has 2 heterocycles. The number of carboxylic acid groups (broad SMARTS) is 1. The van der Waals surface area contributed by atoms with E-state index in [-0.39, 0.29) is 12.5 Å². The molecule has 0 bridgehead atoms. The number of hydrogen-bond donors (Lipinski definition) is 1. The molecule has 1 aromatic heterocycles. The number of likely N-dealkylation sites (tertiary alicyclic amines) is 1. The fourth-order valence-electron chi connectivity index (χ4n) is 2.43. The summed E-state index contributed by atoms with van der Waals surface area (Å²) >= 11 is 0. The van der Waals surface area contributed by atoms with E-state index in [1.165, 1.54) is 5.56 Å². The van der Waals surface area contributed by atoms with Gasteiger partial charge in [0.1, 0.15) is 0 Å². The summed E-state index contributed by atoms with van der Waals surface area (Å²) in [7, 11) is 1.61. The van der Waals surface area contributed by atoms with Crippen molar-refractivity contribution in [2.45, 2.75) is 31.9 Å². The largest absolute Gasteiger partial charge is 0.481 e. The Morgan fingerprint density at radius 2 is 2.19 bits per heavy atom. The van der Waals surface area contributed by atoms with Gasteiger partial charge in [0.15, 0.2) is 0 Å². The van der Waals surface area contributed by atoms with Gasteiger partial charge in [0.05, 0.1) is 26.2 Å². The number of piperidine rings is 1. The van der Waals surface area contributed by atoms with E-state index >= 15 is 0 Å². The van der Waals surface area contributed by atoms with Crippen molar-refractivity contribution in [3.63, 3.8) is 0 Å². The summed E-state index contributed by atoms with van der Waals surface area (Å²) in [6.07, 6.45) is 4.01. The maximum absolute atomic E-state index is 10.4. The predicted molar refractivity (Wildman–Crippen MR) is 77.3 cm³/mol. The highest BCUT2D eigenvalue weighted by atomic mass is 16.5. The molecule has 1 saturated heterocycles. The van der Waals surface area contributed by atoms with E-state index in [0.29, 0.717) is 12.5 Å². The van der Waals surface area contributed by atoms with Gasteiger partial charge in [-0.25, -0.2) is 4.98 Å². The van der Waals surface area contributed by atoms with Gasteiger partial charge >= 0.3 is 5.97 Å². The molecule has 1 aliphatic heterocycles. The monoisotopic (exact) mass is 294 g/mol. The summed E-state index contributed by atoms with van der Waals surface area (Å²) in [5.41, 5.74) is 1.17. The minimum atomic E-state index is -0.806. The second kappa shape index (κ2) is 7.95. The van der Waals surface area contributed by atoms with Gasteiger partial charge in [-0.05, 0) is 18.4 Å². The smallest absolute Gasteiger partial charge is 0.305 e. The number of hydrogen-bond acceptors (Lipinski definition) is 5. The zero-order chi connectivity index (χ0) is 15.1. The molecule has 1 aliphatic rings.